The number of benzene rings is 1. The summed E-state index contributed by atoms with van der Waals surface area (Å²) in [6.45, 7) is 0.380. The van der Waals surface area contributed by atoms with Crippen molar-refractivity contribution in [2.45, 2.75) is 12.8 Å². The smallest absolute Gasteiger partial charge is 0.341 e. The van der Waals surface area contributed by atoms with E-state index in [9.17, 15) is 19.2 Å². The fraction of sp³-hybridized carbons (Fsp3) is 0.333. The molecular formula is C18H16Cl2N2O6S. The molecule has 2 aliphatic rings. The van der Waals surface area contributed by atoms with E-state index in [1.54, 1.807) is 4.90 Å². The van der Waals surface area contributed by atoms with Gasteiger partial charge in [0.25, 0.3) is 11.1 Å². The molecule has 0 bridgehead atoms. The summed E-state index contributed by atoms with van der Waals surface area (Å²) in [5, 5.41) is 8.29. The average molecular weight is 459 g/mol. The maximum Gasteiger partial charge on any atom is 0.341 e. The third kappa shape index (κ3) is 5.04. The van der Waals surface area contributed by atoms with Crippen LogP contribution in [0.5, 0.6) is 5.75 Å². The van der Waals surface area contributed by atoms with Gasteiger partial charge in [0.2, 0.25) is 5.91 Å². The van der Waals surface area contributed by atoms with Crippen LogP contribution < -0.4 is 4.74 Å². The summed E-state index contributed by atoms with van der Waals surface area (Å²) in [6, 6.07) is 2.88. The summed E-state index contributed by atoms with van der Waals surface area (Å²) in [6.07, 6.45) is 3.27. The molecule has 0 radical (unpaired) electrons. The Hall–Kier alpha value is -2.23. The molecule has 2 fully saturated rings. The van der Waals surface area contributed by atoms with Crippen molar-refractivity contribution in [2.75, 3.05) is 26.2 Å². The largest absolute Gasteiger partial charge is 0.479 e. The standard InChI is InChI=1S/C18H16Cl2N2O6S/c19-11-5-10(6-12(20)16(11)28-9-15(24)25)7-13-17(26)22(18(27)29-13)8-14(23)21-3-1-2-4-21/h5-7H,1-4,8-9H2,(H,24,25)/b13-7-. The lowest BCUT2D eigenvalue weighted by Gasteiger charge is -2.18. The molecule has 0 atom stereocenters. The van der Waals surface area contributed by atoms with Crippen LogP contribution in [0.25, 0.3) is 6.08 Å². The van der Waals surface area contributed by atoms with E-state index in [-0.39, 0.29) is 33.2 Å². The monoisotopic (exact) mass is 458 g/mol. The fourth-order valence-electron chi connectivity index (χ4n) is 2.92. The summed E-state index contributed by atoms with van der Waals surface area (Å²) in [4.78, 5) is 50.4. The molecule has 8 nitrogen and oxygen atoms in total. The number of thioether (sulfide) groups is 1. The van der Waals surface area contributed by atoms with E-state index in [0.717, 1.165) is 29.5 Å². The molecule has 29 heavy (non-hydrogen) atoms. The number of ether oxygens (including phenoxy) is 1. The number of carboxylic acids is 1. The van der Waals surface area contributed by atoms with E-state index in [2.05, 4.69) is 0 Å². The zero-order valence-corrected chi connectivity index (χ0v) is 17.4. The molecule has 2 heterocycles. The molecule has 1 N–H and O–H groups in total. The van der Waals surface area contributed by atoms with Gasteiger partial charge in [-0.2, -0.15) is 0 Å². The number of imide groups is 1. The molecule has 0 spiro atoms. The van der Waals surface area contributed by atoms with Crippen LogP contribution in [-0.2, 0) is 14.4 Å². The Kier molecular flexibility index (Phi) is 6.71. The topological polar surface area (TPSA) is 104 Å². The van der Waals surface area contributed by atoms with Crippen LogP contribution in [0.2, 0.25) is 10.0 Å². The van der Waals surface area contributed by atoms with Crippen LogP contribution in [-0.4, -0.2) is 64.2 Å². The number of halogens is 2. The van der Waals surface area contributed by atoms with Crippen LogP contribution >= 0.6 is 35.0 Å². The molecule has 0 aromatic heterocycles. The molecule has 1 aromatic carbocycles. The number of hydrogen-bond acceptors (Lipinski definition) is 6. The zero-order chi connectivity index (χ0) is 21.1. The molecule has 0 unspecified atom stereocenters. The summed E-state index contributed by atoms with van der Waals surface area (Å²) in [5.74, 6) is -1.99. The third-order valence-corrected chi connectivity index (χ3v) is 5.75. The van der Waals surface area contributed by atoms with Crippen LogP contribution in [0.4, 0.5) is 4.79 Å². The van der Waals surface area contributed by atoms with Crippen molar-refractivity contribution in [1.82, 2.24) is 9.80 Å². The lowest BCUT2D eigenvalue weighted by Crippen LogP contribution is -2.40. The molecule has 0 aliphatic carbocycles. The van der Waals surface area contributed by atoms with Gasteiger partial charge in [0.05, 0.1) is 15.0 Å². The first-order chi connectivity index (χ1) is 13.8. The van der Waals surface area contributed by atoms with Gasteiger partial charge < -0.3 is 14.7 Å². The molecule has 2 aliphatic heterocycles. The lowest BCUT2D eigenvalue weighted by molar-refractivity contribution is -0.139. The van der Waals surface area contributed by atoms with Crippen molar-refractivity contribution >= 4 is 64.1 Å². The molecule has 1 aromatic rings. The maximum atomic E-state index is 12.6. The molecule has 2 saturated heterocycles. The van der Waals surface area contributed by atoms with Gasteiger partial charge >= 0.3 is 5.97 Å². The number of aliphatic carboxylic acids is 1. The van der Waals surface area contributed by atoms with Crippen molar-refractivity contribution in [1.29, 1.82) is 0 Å². The third-order valence-electron chi connectivity index (χ3n) is 4.28. The second-order valence-electron chi connectivity index (χ2n) is 6.35. The molecule has 11 heteroatoms. The molecule has 3 amide bonds. The van der Waals surface area contributed by atoms with Crippen molar-refractivity contribution in [3.05, 3.63) is 32.6 Å². The number of carboxylic acid groups (broad SMARTS) is 1. The molecule has 3 rings (SSSR count). The number of amides is 3. The predicted molar refractivity (Wildman–Crippen MR) is 108 cm³/mol. The minimum atomic E-state index is -1.18. The van der Waals surface area contributed by atoms with Crippen molar-refractivity contribution < 1.29 is 29.0 Å². The summed E-state index contributed by atoms with van der Waals surface area (Å²) in [5.41, 5.74) is 0.430. The SMILES string of the molecule is O=C(O)COc1c(Cl)cc(/C=C2\SC(=O)N(CC(=O)N3CCCC3)C2=O)cc1Cl. The Morgan fingerprint density at radius 3 is 2.38 bits per heavy atom. The Balaban J connectivity index is 1.75. The normalized spacial score (nSPS) is 18.1. The van der Waals surface area contributed by atoms with Crippen LogP contribution in [0.15, 0.2) is 17.0 Å². The number of nitrogens with zero attached hydrogens (tertiary/aromatic N) is 2. The van der Waals surface area contributed by atoms with E-state index >= 15 is 0 Å². The van der Waals surface area contributed by atoms with E-state index in [0.29, 0.717) is 18.7 Å². The first-order valence-electron chi connectivity index (χ1n) is 8.63. The predicted octanol–water partition coefficient (Wildman–Crippen LogP) is 3.12. The highest BCUT2D eigenvalue weighted by Gasteiger charge is 2.37. The molecule has 0 saturated carbocycles. The van der Waals surface area contributed by atoms with Gasteiger partial charge in [-0.05, 0) is 48.4 Å². The van der Waals surface area contributed by atoms with Crippen molar-refractivity contribution in [3.63, 3.8) is 0 Å². The van der Waals surface area contributed by atoms with E-state index in [1.165, 1.54) is 18.2 Å². The Morgan fingerprint density at radius 1 is 1.17 bits per heavy atom. The van der Waals surface area contributed by atoms with Gasteiger partial charge in [0.1, 0.15) is 6.54 Å². The number of likely N-dealkylation sites (tertiary alicyclic amines) is 1. The maximum absolute atomic E-state index is 12.6. The Bertz CT molecular complexity index is 891. The van der Waals surface area contributed by atoms with Crippen LogP contribution in [0, 0.1) is 0 Å². The van der Waals surface area contributed by atoms with Gasteiger partial charge in [-0.15, -0.1) is 0 Å². The highest BCUT2D eigenvalue weighted by molar-refractivity contribution is 8.18. The minimum absolute atomic E-state index is 0.0113. The van der Waals surface area contributed by atoms with Crippen LogP contribution in [0.1, 0.15) is 18.4 Å². The number of carbonyl (C=O) groups excluding carboxylic acids is 3. The average Bonchev–Trinajstić information content (AvgIpc) is 3.26. The van der Waals surface area contributed by atoms with Gasteiger partial charge in [0.15, 0.2) is 12.4 Å². The minimum Gasteiger partial charge on any atom is -0.479 e. The number of rotatable bonds is 6. The quantitative estimate of drug-likeness (QED) is 0.652. The van der Waals surface area contributed by atoms with E-state index in [4.69, 9.17) is 33.0 Å². The molecular weight excluding hydrogens is 443 g/mol. The summed E-state index contributed by atoms with van der Waals surface area (Å²) in [7, 11) is 0. The van der Waals surface area contributed by atoms with Gasteiger partial charge in [-0.3, -0.25) is 19.3 Å². The van der Waals surface area contributed by atoms with Crippen molar-refractivity contribution in [2.24, 2.45) is 0 Å². The highest BCUT2D eigenvalue weighted by atomic mass is 35.5. The first-order valence-corrected chi connectivity index (χ1v) is 10.2. The van der Waals surface area contributed by atoms with Crippen molar-refractivity contribution in [3.8, 4) is 5.75 Å². The summed E-state index contributed by atoms with van der Waals surface area (Å²) < 4.78 is 5.04. The van der Waals surface area contributed by atoms with E-state index in [1.807, 2.05) is 0 Å². The summed E-state index contributed by atoms with van der Waals surface area (Å²) >= 11 is 12.9. The van der Waals surface area contributed by atoms with Gasteiger partial charge in [-0.1, -0.05) is 23.2 Å². The highest BCUT2D eigenvalue weighted by Crippen LogP contribution is 2.37. The first kappa shape index (κ1) is 21.5. The Morgan fingerprint density at radius 2 is 1.79 bits per heavy atom. The zero-order valence-electron chi connectivity index (χ0n) is 15.0. The second-order valence-corrected chi connectivity index (χ2v) is 8.16. The lowest BCUT2D eigenvalue weighted by atomic mass is 10.2. The molecule has 154 valence electrons. The second kappa shape index (κ2) is 9.06. The van der Waals surface area contributed by atoms with Crippen LogP contribution in [0.3, 0.4) is 0 Å². The van der Waals surface area contributed by atoms with E-state index < -0.39 is 23.7 Å². The Labute approximate surface area is 180 Å². The number of hydrogen-bond donors (Lipinski definition) is 1. The van der Waals surface area contributed by atoms with Gasteiger partial charge in [-0.25, -0.2) is 4.79 Å². The fourth-order valence-corrected chi connectivity index (χ4v) is 4.38. The van der Waals surface area contributed by atoms with Gasteiger partial charge in [0, 0.05) is 13.1 Å². The number of carbonyl (C=O) groups is 4.